The lowest BCUT2D eigenvalue weighted by Gasteiger charge is -2.35. The number of esters is 1. The van der Waals surface area contributed by atoms with E-state index in [9.17, 15) is 19.8 Å². The molecule has 1 aromatic heterocycles. The van der Waals surface area contributed by atoms with Crippen molar-refractivity contribution in [3.63, 3.8) is 0 Å². The van der Waals surface area contributed by atoms with Crippen molar-refractivity contribution in [2.75, 3.05) is 25.3 Å². The molecule has 46 heavy (non-hydrogen) atoms. The van der Waals surface area contributed by atoms with E-state index >= 15 is 0 Å². The summed E-state index contributed by atoms with van der Waals surface area (Å²) in [4.78, 5) is 32.0. The van der Waals surface area contributed by atoms with Crippen LogP contribution in [0.15, 0.2) is 42.5 Å². The monoisotopic (exact) mass is 635 g/mol. The number of ether oxygens (including phenoxy) is 4. The molecule has 7 N–H and O–H groups in total. The van der Waals surface area contributed by atoms with Gasteiger partial charge in [-0.05, 0) is 31.9 Å². The lowest BCUT2D eigenvalue weighted by molar-refractivity contribution is -0.141. The van der Waals surface area contributed by atoms with Crippen LogP contribution in [0.5, 0.6) is 17.2 Å². The van der Waals surface area contributed by atoms with Crippen molar-refractivity contribution in [3.05, 3.63) is 59.1 Å². The van der Waals surface area contributed by atoms with Crippen LogP contribution in [0.25, 0.3) is 5.57 Å². The molecule has 0 bridgehead atoms. The summed E-state index contributed by atoms with van der Waals surface area (Å²) in [5.41, 5.74) is 6.97. The fourth-order valence-corrected chi connectivity index (χ4v) is 6.95. The number of nitrogens with zero attached hydrogens (tertiary/aromatic N) is 3. The maximum atomic E-state index is 13.0. The van der Waals surface area contributed by atoms with E-state index in [1.165, 1.54) is 7.11 Å². The van der Waals surface area contributed by atoms with E-state index in [-0.39, 0.29) is 29.9 Å². The first-order valence-corrected chi connectivity index (χ1v) is 15.2. The SMILES string of the molecule is CCOC(=O)C1=CC(=CCn2ccnc2N2CNC3C(=O)NC(N)NC32)c2c(c(CO)c3c(c2OC)C2C=CCC(C)(O)C2O3)O1. The fraction of sp³-hybridized carbons (Fsp3) is 0.452. The summed E-state index contributed by atoms with van der Waals surface area (Å²) >= 11 is 0. The van der Waals surface area contributed by atoms with Gasteiger partial charge in [-0.15, -0.1) is 0 Å². The number of nitrogens with one attached hydrogen (secondary N) is 3. The molecule has 0 spiro atoms. The molecule has 1 amide bonds. The van der Waals surface area contributed by atoms with Crippen LogP contribution in [0.1, 0.15) is 42.9 Å². The number of carbonyl (C=O) groups excluding carboxylic acids is 2. The Morgan fingerprint density at radius 2 is 2.17 bits per heavy atom. The number of carbonyl (C=O) groups is 2. The van der Waals surface area contributed by atoms with Crippen molar-refractivity contribution in [2.24, 2.45) is 5.73 Å². The van der Waals surface area contributed by atoms with Gasteiger partial charge in [0.05, 0.1) is 38.1 Å². The van der Waals surface area contributed by atoms with E-state index in [0.717, 1.165) is 0 Å². The molecule has 4 aliphatic heterocycles. The number of benzene rings is 1. The number of allylic oxidation sites excluding steroid dienone is 3. The maximum Gasteiger partial charge on any atom is 0.374 e. The van der Waals surface area contributed by atoms with Gasteiger partial charge in [0.2, 0.25) is 17.6 Å². The quantitative estimate of drug-likeness (QED) is 0.174. The summed E-state index contributed by atoms with van der Waals surface area (Å²) in [5.74, 6) is 0.335. The number of hydrogen-bond donors (Lipinski definition) is 6. The minimum absolute atomic E-state index is 0.0662. The molecule has 0 saturated carbocycles. The van der Waals surface area contributed by atoms with Crippen molar-refractivity contribution in [3.8, 4) is 17.2 Å². The van der Waals surface area contributed by atoms with Gasteiger partial charge >= 0.3 is 5.97 Å². The molecule has 6 atom stereocenters. The molecule has 1 aromatic carbocycles. The summed E-state index contributed by atoms with van der Waals surface area (Å²) in [7, 11) is 1.54. The third-order valence-electron chi connectivity index (χ3n) is 9.03. The summed E-state index contributed by atoms with van der Waals surface area (Å²) in [5, 5.41) is 30.9. The Balaban J connectivity index is 1.32. The molecule has 7 rings (SSSR count). The van der Waals surface area contributed by atoms with Gasteiger partial charge < -0.3 is 43.9 Å². The van der Waals surface area contributed by atoms with Gasteiger partial charge in [0.15, 0.2) is 0 Å². The number of amides is 1. The van der Waals surface area contributed by atoms with Crippen LogP contribution >= 0.6 is 0 Å². The molecule has 0 radical (unpaired) electrons. The topological polar surface area (TPSA) is 195 Å². The number of aliphatic hydroxyl groups is 2. The van der Waals surface area contributed by atoms with Gasteiger partial charge in [0, 0.05) is 30.4 Å². The normalized spacial score (nSPS) is 30.0. The van der Waals surface area contributed by atoms with Gasteiger partial charge in [-0.2, -0.15) is 0 Å². The van der Waals surface area contributed by atoms with E-state index in [0.29, 0.717) is 59.3 Å². The highest BCUT2D eigenvalue weighted by Crippen LogP contribution is 2.58. The van der Waals surface area contributed by atoms with Crippen molar-refractivity contribution >= 4 is 23.4 Å². The molecule has 6 unspecified atom stereocenters. The van der Waals surface area contributed by atoms with Crippen LogP contribution in [0, 0.1) is 0 Å². The van der Waals surface area contributed by atoms with E-state index in [4.69, 9.17) is 24.7 Å². The second kappa shape index (κ2) is 11.4. The minimum Gasteiger partial charge on any atom is -0.496 e. The van der Waals surface area contributed by atoms with Crippen LogP contribution < -0.4 is 40.8 Å². The second-order valence-corrected chi connectivity index (χ2v) is 11.9. The van der Waals surface area contributed by atoms with Crippen LogP contribution in [0.2, 0.25) is 0 Å². The summed E-state index contributed by atoms with van der Waals surface area (Å²) in [6, 6.07) is -0.510. The Hall–Kier alpha value is -4.41. The average molecular weight is 636 g/mol. The zero-order valence-corrected chi connectivity index (χ0v) is 25.6. The highest BCUT2D eigenvalue weighted by Gasteiger charge is 2.50. The number of hydrogen-bond acceptors (Lipinski definition) is 13. The summed E-state index contributed by atoms with van der Waals surface area (Å²) in [6.07, 6.45) is 9.54. The highest BCUT2D eigenvalue weighted by molar-refractivity contribution is 5.96. The van der Waals surface area contributed by atoms with Crippen molar-refractivity contribution in [2.45, 2.75) is 69.5 Å². The molecule has 2 saturated heterocycles. The lowest BCUT2D eigenvalue weighted by Crippen LogP contribution is -2.70. The number of nitrogens with two attached hydrogens (primary N) is 1. The molecule has 5 heterocycles. The first-order chi connectivity index (χ1) is 22.2. The summed E-state index contributed by atoms with van der Waals surface area (Å²) in [6.45, 7) is 3.76. The van der Waals surface area contributed by atoms with E-state index < -0.39 is 42.8 Å². The highest BCUT2D eigenvalue weighted by atomic mass is 16.6. The Labute approximate surface area is 264 Å². The molecule has 1 aliphatic carbocycles. The number of imidazole rings is 1. The first kappa shape index (κ1) is 30.3. The molecule has 5 aliphatic rings. The van der Waals surface area contributed by atoms with E-state index in [1.54, 1.807) is 26.1 Å². The Morgan fingerprint density at radius 3 is 2.93 bits per heavy atom. The van der Waals surface area contributed by atoms with E-state index in [1.807, 2.05) is 33.9 Å². The van der Waals surface area contributed by atoms with Gasteiger partial charge in [-0.25, -0.2) is 9.78 Å². The Kier molecular flexibility index (Phi) is 7.52. The largest absolute Gasteiger partial charge is 0.496 e. The van der Waals surface area contributed by atoms with Crippen LogP contribution in [-0.4, -0.2) is 82.2 Å². The number of rotatable bonds is 7. The smallest absolute Gasteiger partial charge is 0.374 e. The van der Waals surface area contributed by atoms with Crippen molar-refractivity contribution < 1.29 is 38.7 Å². The minimum atomic E-state index is -1.16. The Bertz CT molecular complexity index is 1680. The molecule has 15 heteroatoms. The number of anilines is 1. The van der Waals surface area contributed by atoms with Gasteiger partial charge in [0.1, 0.15) is 47.5 Å². The summed E-state index contributed by atoms with van der Waals surface area (Å²) < 4.78 is 25.7. The van der Waals surface area contributed by atoms with Crippen LogP contribution in [0.4, 0.5) is 5.95 Å². The first-order valence-electron chi connectivity index (χ1n) is 15.2. The number of aromatic nitrogens is 2. The third kappa shape index (κ3) is 4.73. The van der Waals surface area contributed by atoms with E-state index in [2.05, 4.69) is 20.9 Å². The average Bonchev–Trinajstić information content (AvgIpc) is 3.76. The number of aliphatic hydroxyl groups excluding tert-OH is 1. The Morgan fingerprint density at radius 1 is 1.35 bits per heavy atom. The third-order valence-corrected chi connectivity index (χ3v) is 9.03. The van der Waals surface area contributed by atoms with Gasteiger partial charge in [0.25, 0.3) is 0 Å². The molecule has 2 aromatic rings. The standard InChI is InChI=1S/C31H37N7O8/c1-4-44-28(41)18-12-15(7-10-37-11-9-33-30(37)38-14-34-21-26(38)35-29(32)36-27(21)40)19-22(45-18)17(13-39)23-20(24(19)43-3)16-6-5-8-31(2,42)25(16)46-23/h5-7,9,11-12,16,21,25-26,29,34-35,39,42H,4,8,10,13-14,32H2,1-3H3,(H,36,40). The second-order valence-electron chi connectivity index (χ2n) is 11.9. The maximum absolute atomic E-state index is 13.0. The number of methoxy groups -OCH3 is 1. The lowest BCUT2D eigenvalue weighted by atomic mass is 9.78. The molecule has 244 valence electrons. The predicted molar refractivity (Wildman–Crippen MR) is 163 cm³/mol. The van der Waals surface area contributed by atoms with Crippen molar-refractivity contribution in [1.29, 1.82) is 0 Å². The van der Waals surface area contributed by atoms with Gasteiger partial charge in [-0.3, -0.25) is 21.2 Å². The molecule has 15 nitrogen and oxygen atoms in total. The number of fused-ring (bicyclic) bond motifs is 5. The fourth-order valence-electron chi connectivity index (χ4n) is 6.95. The van der Waals surface area contributed by atoms with Crippen LogP contribution in [0.3, 0.4) is 0 Å². The predicted octanol–water partition coefficient (Wildman–Crippen LogP) is -0.114. The van der Waals surface area contributed by atoms with Crippen molar-refractivity contribution in [1.82, 2.24) is 25.5 Å². The molecule has 2 fully saturated rings. The molecular formula is C31H37N7O8. The van der Waals surface area contributed by atoms with Crippen LogP contribution in [-0.2, 0) is 27.5 Å². The molecular weight excluding hydrogens is 598 g/mol. The zero-order chi connectivity index (χ0) is 32.3. The van der Waals surface area contributed by atoms with Gasteiger partial charge in [-0.1, -0.05) is 18.2 Å². The zero-order valence-electron chi connectivity index (χ0n) is 25.6.